The summed E-state index contributed by atoms with van der Waals surface area (Å²) in [5.41, 5.74) is -0.0676. The van der Waals surface area contributed by atoms with Crippen LogP contribution in [0.4, 0.5) is 13.2 Å². The molecule has 5 nitrogen and oxygen atoms in total. The Morgan fingerprint density at radius 2 is 2.10 bits per heavy atom. The lowest BCUT2D eigenvalue weighted by Crippen LogP contribution is -2.40. The smallest absolute Gasteiger partial charge is 0.406 e. The van der Waals surface area contributed by atoms with Gasteiger partial charge in [-0.25, -0.2) is 0 Å². The number of benzene rings is 1. The normalized spacial score (nSPS) is 13.4. The molecule has 1 heterocycles. The van der Waals surface area contributed by atoms with E-state index >= 15 is 0 Å². The van der Waals surface area contributed by atoms with Crippen LogP contribution in [0.2, 0.25) is 5.02 Å². The van der Waals surface area contributed by atoms with Gasteiger partial charge in [0, 0.05) is 12.1 Å². The van der Waals surface area contributed by atoms with E-state index in [0.717, 1.165) is 0 Å². The molecule has 9 heteroatoms. The lowest BCUT2D eigenvalue weighted by Gasteiger charge is -2.23. The Bertz CT molecular complexity index is 550. The molecule has 0 saturated carbocycles. The van der Waals surface area contributed by atoms with Gasteiger partial charge < -0.3 is 19.5 Å². The topological polar surface area (TPSA) is 59.0 Å². The van der Waals surface area contributed by atoms with Crippen LogP contribution in [0.1, 0.15) is 10.4 Å². The molecule has 0 saturated heterocycles. The second kappa shape index (κ2) is 5.98. The summed E-state index contributed by atoms with van der Waals surface area (Å²) < 4.78 is 47.5. The molecule has 0 bridgehead atoms. The average molecular weight is 326 g/mol. The highest BCUT2D eigenvalue weighted by atomic mass is 35.5. The van der Waals surface area contributed by atoms with Gasteiger partial charge in [-0.3, -0.25) is 4.79 Å². The minimum absolute atomic E-state index is 0.0676. The van der Waals surface area contributed by atoms with Crippen LogP contribution in [0.15, 0.2) is 12.1 Å². The number of fused-ring (bicyclic) bond motifs is 1. The Kier molecular flexibility index (Phi) is 4.48. The van der Waals surface area contributed by atoms with Gasteiger partial charge in [0.15, 0.2) is 11.5 Å². The number of aliphatic hydroxyl groups excluding tert-OH is 1. The van der Waals surface area contributed by atoms with Crippen LogP contribution in [0, 0.1) is 0 Å². The zero-order chi connectivity index (χ0) is 15.6. The summed E-state index contributed by atoms with van der Waals surface area (Å²) >= 11 is 5.89. The Balaban J connectivity index is 2.26. The highest BCUT2D eigenvalue weighted by molar-refractivity contribution is 6.32. The number of halogens is 4. The minimum atomic E-state index is -4.56. The van der Waals surface area contributed by atoms with Gasteiger partial charge in [0.2, 0.25) is 6.79 Å². The number of aliphatic hydroxyl groups is 1. The minimum Gasteiger partial charge on any atom is -0.454 e. The van der Waals surface area contributed by atoms with Crippen LogP contribution in [-0.4, -0.2) is 48.6 Å². The average Bonchev–Trinajstić information content (AvgIpc) is 2.84. The van der Waals surface area contributed by atoms with Crippen LogP contribution in [-0.2, 0) is 0 Å². The van der Waals surface area contributed by atoms with E-state index in [1.807, 2.05) is 0 Å². The van der Waals surface area contributed by atoms with E-state index in [1.165, 1.54) is 12.1 Å². The fourth-order valence-corrected chi connectivity index (χ4v) is 2.13. The van der Waals surface area contributed by atoms with E-state index in [-0.39, 0.29) is 28.9 Å². The number of amides is 1. The van der Waals surface area contributed by atoms with Gasteiger partial charge in [-0.05, 0) is 12.1 Å². The summed E-state index contributed by atoms with van der Waals surface area (Å²) in [6.45, 7) is -2.56. The van der Waals surface area contributed by atoms with Crippen LogP contribution < -0.4 is 9.47 Å². The number of hydrogen-bond donors (Lipinski definition) is 1. The molecule has 1 aromatic carbocycles. The SMILES string of the molecule is O=C(c1cc(Cl)c2c(c1)OCO2)N(CCO)CC(F)(F)F. The second-order valence-electron chi connectivity index (χ2n) is 4.26. The van der Waals surface area contributed by atoms with E-state index in [1.54, 1.807) is 0 Å². The number of rotatable bonds is 4. The van der Waals surface area contributed by atoms with Crippen LogP contribution in [0.3, 0.4) is 0 Å². The van der Waals surface area contributed by atoms with Crippen molar-refractivity contribution in [3.05, 3.63) is 22.7 Å². The Morgan fingerprint density at radius 1 is 1.38 bits per heavy atom. The number of carbonyl (C=O) groups is 1. The van der Waals surface area contributed by atoms with Gasteiger partial charge in [-0.15, -0.1) is 0 Å². The maximum absolute atomic E-state index is 12.5. The van der Waals surface area contributed by atoms with Gasteiger partial charge in [-0.1, -0.05) is 11.6 Å². The fraction of sp³-hybridized carbons (Fsp3) is 0.417. The molecular formula is C12H11ClF3NO4. The van der Waals surface area contributed by atoms with Gasteiger partial charge in [-0.2, -0.15) is 13.2 Å². The summed E-state index contributed by atoms with van der Waals surface area (Å²) in [7, 11) is 0. The molecule has 0 radical (unpaired) electrons. The molecule has 0 aliphatic carbocycles. The molecule has 1 aliphatic heterocycles. The molecule has 1 N–H and O–H groups in total. The van der Waals surface area contributed by atoms with Crippen molar-refractivity contribution >= 4 is 17.5 Å². The first-order valence-corrected chi connectivity index (χ1v) is 6.25. The third kappa shape index (κ3) is 3.70. The van der Waals surface area contributed by atoms with Gasteiger partial charge in [0.05, 0.1) is 11.6 Å². The van der Waals surface area contributed by atoms with Crippen LogP contribution in [0.5, 0.6) is 11.5 Å². The zero-order valence-electron chi connectivity index (χ0n) is 10.6. The van der Waals surface area contributed by atoms with Gasteiger partial charge in [0.25, 0.3) is 5.91 Å². The van der Waals surface area contributed by atoms with Gasteiger partial charge >= 0.3 is 6.18 Å². The Morgan fingerprint density at radius 3 is 2.71 bits per heavy atom. The second-order valence-corrected chi connectivity index (χ2v) is 4.66. The van der Waals surface area contributed by atoms with E-state index in [0.29, 0.717) is 4.90 Å². The van der Waals surface area contributed by atoms with Gasteiger partial charge in [0.1, 0.15) is 6.54 Å². The number of ether oxygens (including phenoxy) is 2. The highest BCUT2D eigenvalue weighted by Crippen LogP contribution is 2.40. The standard InChI is InChI=1S/C12H11ClF3NO4/c13-8-3-7(4-9-10(8)21-6-20-9)11(19)17(1-2-18)5-12(14,15)16/h3-4,18H,1-2,5-6H2. The van der Waals surface area contributed by atoms with Crippen molar-refractivity contribution in [2.75, 3.05) is 26.5 Å². The zero-order valence-corrected chi connectivity index (χ0v) is 11.4. The number of nitrogens with zero attached hydrogens (tertiary/aromatic N) is 1. The molecule has 1 aliphatic rings. The number of alkyl halides is 3. The van der Waals surface area contributed by atoms with Crippen molar-refractivity contribution in [1.29, 1.82) is 0 Å². The summed E-state index contributed by atoms with van der Waals surface area (Å²) in [6.07, 6.45) is -4.56. The Labute approximate surface area is 122 Å². The summed E-state index contributed by atoms with van der Waals surface area (Å²) in [4.78, 5) is 12.6. The Hall–Kier alpha value is -1.67. The molecular weight excluding hydrogens is 315 g/mol. The number of hydrogen-bond acceptors (Lipinski definition) is 4. The van der Waals surface area contributed by atoms with E-state index < -0.39 is 31.8 Å². The number of carbonyl (C=O) groups excluding carboxylic acids is 1. The first-order chi connectivity index (χ1) is 9.81. The molecule has 1 aromatic rings. The molecule has 0 spiro atoms. The molecule has 0 atom stereocenters. The maximum Gasteiger partial charge on any atom is 0.406 e. The van der Waals surface area contributed by atoms with Crippen molar-refractivity contribution in [3.8, 4) is 11.5 Å². The molecule has 0 fully saturated rings. The quantitative estimate of drug-likeness (QED) is 0.920. The van der Waals surface area contributed by atoms with Crippen molar-refractivity contribution in [1.82, 2.24) is 4.90 Å². The van der Waals surface area contributed by atoms with E-state index in [9.17, 15) is 18.0 Å². The molecule has 21 heavy (non-hydrogen) atoms. The predicted octanol–water partition coefficient (Wildman–Crippen LogP) is 2.07. The molecule has 0 unspecified atom stereocenters. The van der Waals surface area contributed by atoms with Crippen molar-refractivity contribution in [2.45, 2.75) is 6.18 Å². The molecule has 0 aromatic heterocycles. The van der Waals surface area contributed by atoms with Crippen molar-refractivity contribution in [2.24, 2.45) is 0 Å². The first-order valence-electron chi connectivity index (χ1n) is 5.88. The first kappa shape index (κ1) is 15.7. The van der Waals surface area contributed by atoms with Crippen LogP contribution in [0.25, 0.3) is 0 Å². The summed E-state index contributed by atoms with van der Waals surface area (Å²) in [5, 5.41) is 8.88. The third-order valence-electron chi connectivity index (χ3n) is 2.70. The predicted molar refractivity (Wildman–Crippen MR) is 66.6 cm³/mol. The van der Waals surface area contributed by atoms with Crippen LogP contribution >= 0.6 is 11.6 Å². The molecule has 116 valence electrons. The van der Waals surface area contributed by atoms with Crippen molar-refractivity contribution in [3.63, 3.8) is 0 Å². The molecule has 1 amide bonds. The largest absolute Gasteiger partial charge is 0.454 e. The third-order valence-corrected chi connectivity index (χ3v) is 2.98. The lowest BCUT2D eigenvalue weighted by atomic mass is 10.1. The van der Waals surface area contributed by atoms with Crippen molar-refractivity contribution < 1.29 is 32.5 Å². The maximum atomic E-state index is 12.5. The molecule has 2 rings (SSSR count). The van der Waals surface area contributed by atoms with E-state index in [2.05, 4.69) is 0 Å². The lowest BCUT2D eigenvalue weighted by molar-refractivity contribution is -0.141. The fourth-order valence-electron chi connectivity index (χ4n) is 1.86. The summed E-state index contributed by atoms with van der Waals surface area (Å²) in [5.74, 6) is -0.457. The monoisotopic (exact) mass is 325 g/mol. The highest BCUT2D eigenvalue weighted by Gasteiger charge is 2.33. The van der Waals surface area contributed by atoms with E-state index in [4.69, 9.17) is 26.2 Å². The summed E-state index contributed by atoms with van der Waals surface area (Å²) in [6, 6.07) is 2.47.